The van der Waals surface area contributed by atoms with Crippen LogP contribution >= 0.6 is 34.8 Å². The van der Waals surface area contributed by atoms with Crippen molar-refractivity contribution in [2.24, 2.45) is 0 Å². The monoisotopic (exact) mass is 321 g/mol. The quantitative estimate of drug-likeness (QED) is 0.785. The molecule has 1 aliphatic rings. The normalized spacial score (nSPS) is 18.7. The topological polar surface area (TPSA) is 19.4 Å². The van der Waals surface area contributed by atoms with Gasteiger partial charge in [0.25, 0.3) is 0 Å². The van der Waals surface area contributed by atoms with Crippen LogP contribution in [0.5, 0.6) is 0 Å². The van der Waals surface area contributed by atoms with Gasteiger partial charge in [0.1, 0.15) is 11.0 Å². The Morgan fingerprint density at radius 1 is 1.16 bits per heavy atom. The molecule has 2 heterocycles. The Hall–Kier alpha value is -0.220. The summed E-state index contributed by atoms with van der Waals surface area (Å²) in [6, 6.07) is 2.29. The van der Waals surface area contributed by atoms with E-state index in [-0.39, 0.29) is 0 Å². The Morgan fingerprint density at radius 3 is 2.37 bits per heavy atom. The van der Waals surface area contributed by atoms with Gasteiger partial charge >= 0.3 is 0 Å². The van der Waals surface area contributed by atoms with Crippen LogP contribution in [0, 0.1) is 0 Å². The maximum atomic E-state index is 6.20. The fourth-order valence-corrected chi connectivity index (χ4v) is 2.90. The molecule has 0 N–H and O–H groups in total. The molecule has 0 aromatic carbocycles. The third-order valence-corrected chi connectivity index (χ3v) is 4.65. The molecule has 6 heteroatoms. The molecular weight excluding hydrogens is 305 g/mol. The standard InChI is InChI=1S/C13H18Cl3N3/c1-3-9(2)18-4-6-19(7-5-18)13-11(15)8-10(14)12(16)17-13/h8-9H,3-7H2,1-2H3. The Balaban J connectivity index is 2.07. The molecule has 1 atom stereocenters. The van der Waals surface area contributed by atoms with Crippen LogP contribution in [0.4, 0.5) is 5.82 Å². The zero-order valence-corrected chi connectivity index (χ0v) is 13.4. The molecular formula is C13H18Cl3N3. The second-order valence-electron chi connectivity index (χ2n) is 4.85. The highest BCUT2D eigenvalue weighted by Crippen LogP contribution is 2.31. The summed E-state index contributed by atoms with van der Waals surface area (Å²) in [5.41, 5.74) is 0. The van der Waals surface area contributed by atoms with Crippen LogP contribution in [0.15, 0.2) is 6.07 Å². The van der Waals surface area contributed by atoms with E-state index in [1.807, 2.05) is 0 Å². The molecule has 2 rings (SSSR count). The predicted molar refractivity (Wildman–Crippen MR) is 82.8 cm³/mol. The van der Waals surface area contributed by atoms with Crippen molar-refractivity contribution < 1.29 is 0 Å². The Morgan fingerprint density at radius 2 is 1.79 bits per heavy atom. The molecule has 1 saturated heterocycles. The fourth-order valence-electron chi connectivity index (χ4n) is 2.29. The van der Waals surface area contributed by atoms with Crippen LogP contribution in [0.3, 0.4) is 0 Å². The molecule has 1 aliphatic heterocycles. The number of pyridine rings is 1. The second-order valence-corrected chi connectivity index (χ2v) is 6.02. The van der Waals surface area contributed by atoms with Crippen molar-refractivity contribution in [2.75, 3.05) is 31.1 Å². The lowest BCUT2D eigenvalue weighted by Gasteiger charge is -2.38. The molecule has 3 nitrogen and oxygen atoms in total. The Kier molecular flexibility index (Phi) is 5.18. The zero-order chi connectivity index (χ0) is 14.0. The third kappa shape index (κ3) is 3.46. The molecule has 1 aromatic rings. The highest BCUT2D eigenvalue weighted by molar-refractivity contribution is 6.42. The van der Waals surface area contributed by atoms with Crippen molar-refractivity contribution in [2.45, 2.75) is 26.3 Å². The molecule has 1 unspecified atom stereocenters. The third-order valence-electron chi connectivity index (χ3n) is 3.70. The lowest BCUT2D eigenvalue weighted by Crippen LogP contribution is -2.49. The molecule has 0 radical (unpaired) electrons. The molecule has 1 fully saturated rings. The van der Waals surface area contributed by atoms with Crippen molar-refractivity contribution in [1.29, 1.82) is 0 Å². The van der Waals surface area contributed by atoms with Crippen molar-refractivity contribution in [3.8, 4) is 0 Å². The lowest BCUT2D eigenvalue weighted by molar-refractivity contribution is 0.192. The van der Waals surface area contributed by atoms with E-state index >= 15 is 0 Å². The van der Waals surface area contributed by atoms with Gasteiger partial charge in [0.05, 0.1) is 10.0 Å². The maximum absolute atomic E-state index is 6.20. The van der Waals surface area contributed by atoms with Gasteiger partial charge in [-0.3, -0.25) is 4.90 Å². The largest absolute Gasteiger partial charge is 0.353 e. The lowest BCUT2D eigenvalue weighted by atomic mass is 10.2. The van der Waals surface area contributed by atoms with E-state index in [2.05, 4.69) is 28.6 Å². The van der Waals surface area contributed by atoms with Crippen LogP contribution in [0.25, 0.3) is 0 Å². The van der Waals surface area contributed by atoms with E-state index in [0.717, 1.165) is 32.0 Å². The number of anilines is 1. The molecule has 0 aliphatic carbocycles. The van der Waals surface area contributed by atoms with Gasteiger partial charge in [0.2, 0.25) is 0 Å². The van der Waals surface area contributed by atoms with Gasteiger partial charge in [-0.25, -0.2) is 4.98 Å². The van der Waals surface area contributed by atoms with Gasteiger partial charge < -0.3 is 4.90 Å². The summed E-state index contributed by atoms with van der Waals surface area (Å²) in [5, 5.41) is 1.27. The molecule has 1 aromatic heterocycles. The fraction of sp³-hybridized carbons (Fsp3) is 0.615. The predicted octanol–water partition coefficient (Wildman–Crippen LogP) is 3.96. The summed E-state index contributed by atoms with van der Waals surface area (Å²) >= 11 is 18.1. The van der Waals surface area contributed by atoms with Gasteiger partial charge in [-0.05, 0) is 19.4 Å². The van der Waals surface area contributed by atoms with Crippen molar-refractivity contribution >= 4 is 40.6 Å². The van der Waals surface area contributed by atoms with Gasteiger partial charge in [0.15, 0.2) is 0 Å². The molecule has 0 bridgehead atoms. The van der Waals surface area contributed by atoms with Gasteiger partial charge in [-0.2, -0.15) is 0 Å². The van der Waals surface area contributed by atoms with Crippen molar-refractivity contribution in [3.63, 3.8) is 0 Å². The minimum absolute atomic E-state index is 0.311. The zero-order valence-electron chi connectivity index (χ0n) is 11.2. The first-order valence-corrected chi connectivity index (χ1v) is 7.66. The summed E-state index contributed by atoms with van der Waals surface area (Å²) in [6.45, 7) is 8.35. The number of aromatic nitrogens is 1. The Labute approximate surface area is 129 Å². The number of nitrogens with zero attached hydrogens (tertiary/aromatic N) is 3. The smallest absolute Gasteiger partial charge is 0.150 e. The molecule has 0 spiro atoms. The first kappa shape index (κ1) is 15.2. The highest BCUT2D eigenvalue weighted by atomic mass is 35.5. The average Bonchev–Trinajstić information content (AvgIpc) is 2.42. The summed E-state index contributed by atoms with van der Waals surface area (Å²) in [7, 11) is 0. The summed E-state index contributed by atoms with van der Waals surface area (Å²) in [6.07, 6.45) is 1.17. The molecule has 19 heavy (non-hydrogen) atoms. The van der Waals surface area contributed by atoms with Crippen LogP contribution in [0.1, 0.15) is 20.3 Å². The van der Waals surface area contributed by atoms with Crippen LogP contribution in [0.2, 0.25) is 15.2 Å². The number of hydrogen-bond acceptors (Lipinski definition) is 3. The maximum Gasteiger partial charge on any atom is 0.150 e. The van der Waals surface area contributed by atoms with Gasteiger partial charge in [-0.15, -0.1) is 0 Å². The Bertz CT molecular complexity index is 445. The van der Waals surface area contributed by atoms with E-state index in [9.17, 15) is 0 Å². The first-order chi connectivity index (χ1) is 9.02. The molecule has 106 valence electrons. The number of hydrogen-bond donors (Lipinski definition) is 0. The summed E-state index contributed by atoms with van der Waals surface area (Å²) < 4.78 is 0. The SMILES string of the molecule is CCC(C)N1CCN(c2nc(Cl)c(Cl)cc2Cl)CC1. The highest BCUT2D eigenvalue weighted by Gasteiger charge is 2.23. The van der Waals surface area contributed by atoms with Crippen molar-refractivity contribution in [1.82, 2.24) is 9.88 Å². The van der Waals surface area contributed by atoms with E-state index in [4.69, 9.17) is 34.8 Å². The number of halogens is 3. The van der Waals surface area contributed by atoms with Gasteiger partial charge in [-0.1, -0.05) is 41.7 Å². The second kappa shape index (κ2) is 6.49. The van der Waals surface area contributed by atoms with E-state index in [1.165, 1.54) is 6.42 Å². The van der Waals surface area contributed by atoms with Gasteiger partial charge in [0, 0.05) is 32.2 Å². The van der Waals surface area contributed by atoms with E-state index in [1.54, 1.807) is 6.07 Å². The molecule has 0 saturated carbocycles. The number of rotatable bonds is 3. The minimum atomic E-state index is 0.311. The van der Waals surface area contributed by atoms with Crippen LogP contribution in [-0.4, -0.2) is 42.1 Å². The van der Waals surface area contributed by atoms with Crippen LogP contribution in [-0.2, 0) is 0 Å². The van der Waals surface area contributed by atoms with E-state index in [0.29, 0.717) is 21.2 Å². The van der Waals surface area contributed by atoms with Crippen LogP contribution < -0.4 is 4.90 Å². The van der Waals surface area contributed by atoms with Crippen molar-refractivity contribution in [3.05, 3.63) is 21.3 Å². The average molecular weight is 323 g/mol. The van der Waals surface area contributed by atoms with E-state index < -0.39 is 0 Å². The summed E-state index contributed by atoms with van der Waals surface area (Å²) in [5.74, 6) is 0.736. The summed E-state index contributed by atoms with van der Waals surface area (Å²) in [4.78, 5) is 8.95. The first-order valence-electron chi connectivity index (χ1n) is 6.53. The number of piperazine rings is 1. The minimum Gasteiger partial charge on any atom is -0.353 e. The molecule has 0 amide bonds.